The molecule has 2 N–H and O–H groups in total. The average Bonchev–Trinajstić information content (AvgIpc) is 2.65. The van der Waals surface area contributed by atoms with E-state index in [0.717, 1.165) is 30.7 Å². The van der Waals surface area contributed by atoms with Crippen molar-refractivity contribution >= 4 is 54.2 Å². The molecule has 4 rings (SSSR count). The third-order valence-corrected chi connectivity index (χ3v) is 6.24. The number of rotatable bonds is 3. The highest BCUT2D eigenvalue weighted by atomic mass is 127. The van der Waals surface area contributed by atoms with Crippen LogP contribution in [0.4, 0.5) is 0 Å². The minimum atomic E-state index is -3.93. The summed E-state index contributed by atoms with van der Waals surface area (Å²) in [5.41, 5.74) is 1.30. The molecule has 0 spiro atoms. The normalized spacial score (nSPS) is 11.8. The molecule has 0 saturated heterocycles. The number of halogens is 1. The standard InChI is InChI=1S/C21H16INO3S/c1-26-18-10-6-14-12-15(22)8-9-17(14)20(18)21-16-5-3-2-4-13(16)7-11-19(21)27(23,24)25/h2-12H,1H3,(H2,23,24,25). The van der Waals surface area contributed by atoms with Crippen molar-refractivity contribution in [3.05, 3.63) is 70.3 Å². The van der Waals surface area contributed by atoms with Gasteiger partial charge in [0.25, 0.3) is 0 Å². The van der Waals surface area contributed by atoms with Gasteiger partial charge in [-0.1, -0.05) is 42.5 Å². The highest BCUT2D eigenvalue weighted by Crippen LogP contribution is 2.43. The van der Waals surface area contributed by atoms with Crippen molar-refractivity contribution in [1.82, 2.24) is 0 Å². The fourth-order valence-electron chi connectivity index (χ4n) is 3.46. The highest BCUT2D eigenvalue weighted by molar-refractivity contribution is 14.1. The summed E-state index contributed by atoms with van der Waals surface area (Å²) in [5, 5.41) is 9.24. The van der Waals surface area contributed by atoms with Crippen LogP contribution in [0.25, 0.3) is 32.7 Å². The molecule has 0 fully saturated rings. The van der Waals surface area contributed by atoms with Crippen molar-refractivity contribution < 1.29 is 13.2 Å². The van der Waals surface area contributed by atoms with Crippen molar-refractivity contribution in [1.29, 1.82) is 0 Å². The van der Waals surface area contributed by atoms with Crippen LogP contribution in [-0.4, -0.2) is 15.5 Å². The van der Waals surface area contributed by atoms with Gasteiger partial charge in [0, 0.05) is 14.7 Å². The average molecular weight is 489 g/mol. The molecule has 0 aromatic heterocycles. The van der Waals surface area contributed by atoms with Crippen LogP contribution in [-0.2, 0) is 10.0 Å². The Balaban J connectivity index is 2.26. The van der Waals surface area contributed by atoms with Gasteiger partial charge >= 0.3 is 0 Å². The first-order valence-corrected chi connectivity index (χ1v) is 10.8. The van der Waals surface area contributed by atoms with Gasteiger partial charge in [-0.05, 0) is 68.4 Å². The number of ether oxygens (including phenoxy) is 1. The van der Waals surface area contributed by atoms with Gasteiger partial charge in [0.2, 0.25) is 10.0 Å². The topological polar surface area (TPSA) is 69.4 Å². The lowest BCUT2D eigenvalue weighted by atomic mass is 9.93. The fraction of sp³-hybridized carbons (Fsp3) is 0.0476. The lowest BCUT2D eigenvalue weighted by molar-refractivity contribution is 0.417. The Hall–Kier alpha value is -2.16. The number of nitrogens with two attached hydrogens (primary N) is 1. The van der Waals surface area contributed by atoms with Gasteiger partial charge in [-0.25, -0.2) is 13.6 Å². The molecule has 0 aliphatic carbocycles. The molecule has 0 aliphatic heterocycles. The Bertz CT molecular complexity index is 1300. The molecular formula is C21H16INO3S. The van der Waals surface area contributed by atoms with Crippen LogP contribution in [0.2, 0.25) is 0 Å². The van der Waals surface area contributed by atoms with E-state index in [4.69, 9.17) is 9.88 Å². The molecule has 0 aliphatic rings. The maximum absolute atomic E-state index is 12.4. The first-order valence-electron chi connectivity index (χ1n) is 8.21. The van der Waals surface area contributed by atoms with E-state index < -0.39 is 10.0 Å². The van der Waals surface area contributed by atoms with Crippen LogP contribution >= 0.6 is 22.6 Å². The molecule has 4 nitrogen and oxygen atoms in total. The minimum absolute atomic E-state index is 0.0885. The van der Waals surface area contributed by atoms with E-state index in [0.29, 0.717) is 11.3 Å². The monoisotopic (exact) mass is 489 g/mol. The molecule has 4 aromatic rings. The summed E-state index contributed by atoms with van der Waals surface area (Å²) in [6.07, 6.45) is 0. The van der Waals surface area contributed by atoms with Crippen LogP contribution in [0, 0.1) is 3.57 Å². The molecule has 6 heteroatoms. The Morgan fingerprint density at radius 1 is 0.852 bits per heavy atom. The summed E-state index contributed by atoms with van der Waals surface area (Å²) in [5.74, 6) is 0.602. The molecule has 0 saturated carbocycles. The van der Waals surface area contributed by atoms with Crippen molar-refractivity contribution in [3.63, 3.8) is 0 Å². The molecule has 0 radical (unpaired) electrons. The zero-order valence-corrected chi connectivity index (χ0v) is 17.4. The maximum Gasteiger partial charge on any atom is 0.238 e. The Morgan fingerprint density at radius 3 is 2.30 bits per heavy atom. The number of sulfonamides is 1. The molecule has 0 heterocycles. The first kappa shape index (κ1) is 18.2. The molecule has 27 heavy (non-hydrogen) atoms. The largest absolute Gasteiger partial charge is 0.496 e. The fourth-order valence-corrected chi connectivity index (χ4v) is 4.72. The van der Waals surface area contributed by atoms with E-state index in [2.05, 4.69) is 28.7 Å². The number of benzene rings is 4. The van der Waals surface area contributed by atoms with E-state index >= 15 is 0 Å². The highest BCUT2D eigenvalue weighted by Gasteiger charge is 2.22. The third-order valence-electron chi connectivity index (χ3n) is 4.61. The first-order chi connectivity index (χ1) is 12.9. The van der Waals surface area contributed by atoms with Gasteiger partial charge in [-0.15, -0.1) is 0 Å². The Labute approximate surface area is 171 Å². The molecule has 4 aromatic carbocycles. The summed E-state index contributed by atoms with van der Waals surface area (Å²) >= 11 is 2.26. The number of hydrogen-bond acceptors (Lipinski definition) is 3. The van der Waals surface area contributed by atoms with Crippen LogP contribution in [0.5, 0.6) is 5.75 Å². The summed E-state index contributed by atoms with van der Waals surface area (Å²) in [4.78, 5) is 0.0885. The molecular weight excluding hydrogens is 473 g/mol. The second-order valence-electron chi connectivity index (χ2n) is 6.21. The molecule has 0 amide bonds. The zero-order valence-electron chi connectivity index (χ0n) is 14.4. The maximum atomic E-state index is 12.4. The molecule has 136 valence electrons. The molecule has 0 atom stereocenters. The van der Waals surface area contributed by atoms with Crippen LogP contribution in [0.3, 0.4) is 0 Å². The van der Waals surface area contributed by atoms with Gasteiger partial charge in [0.05, 0.1) is 12.0 Å². The predicted octanol–water partition coefficient (Wildman–Crippen LogP) is 4.92. The summed E-state index contributed by atoms with van der Waals surface area (Å²) in [6, 6.07) is 20.9. The molecule has 0 unspecified atom stereocenters. The predicted molar refractivity (Wildman–Crippen MR) is 118 cm³/mol. The third kappa shape index (κ3) is 3.18. The number of primary sulfonamides is 1. The Kier molecular flexibility index (Phi) is 4.57. The van der Waals surface area contributed by atoms with E-state index in [1.54, 1.807) is 19.2 Å². The van der Waals surface area contributed by atoms with Gasteiger partial charge < -0.3 is 4.74 Å². The smallest absolute Gasteiger partial charge is 0.238 e. The van der Waals surface area contributed by atoms with Gasteiger partial charge in [0.1, 0.15) is 5.75 Å². The SMILES string of the molecule is COc1ccc2cc(I)ccc2c1-c1c(S(N)(=O)=O)ccc2ccccc12. The quantitative estimate of drug-likeness (QED) is 0.416. The van der Waals surface area contributed by atoms with Crippen LogP contribution < -0.4 is 9.88 Å². The minimum Gasteiger partial charge on any atom is -0.496 e. The van der Waals surface area contributed by atoms with Gasteiger partial charge in [-0.2, -0.15) is 0 Å². The van der Waals surface area contributed by atoms with E-state index in [1.165, 1.54) is 0 Å². The van der Waals surface area contributed by atoms with Crippen molar-refractivity contribution in [2.75, 3.05) is 7.11 Å². The second-order valence-corrected chi connectivity index (χ2v) is 8.99. The van der Waals surface area contributed by atoms with Gasteiger partial charge in [-0.3, -0.25) is 0 Å². The second kappa shape index (κ2) is 6.78. The Morgan fingerprint density at radius 2 is 1.56 bits per heavy atom. The zero-order chi connectivity index (χ0) is 19.2. The van der Waals surface area contributed by atoms with E-state index in [-0.39, 0.29) is 4.90 Å². The van der Waals surface area contributed by atoms with Crippen molar-refractivity contribution in [2.45, 2.75) is 4.90 Å². The summed E-state index contributed by atoms with van der Waals surface area (Å²) in [7, 11) is -2.35. The lowest BCUT2D eigenvalue weighted by Crippen LogP contribution is -2.14. The lowest BCUT2D eigenvalue weighted by Gasteiger charge is -2.17. The number of fused-ring (bicyclic) bond motifs is 2. The number of methoxy groups -OCH3 is 1. The summed E-state index contributed by atoms with van der Waals surface area (Å²) in [6.45, 7) is 0. The van der Waals surface area contributed by atoms with Gasteiger partial charge in [0.15, 0.2) is 0 Å². The van der Waals surface area contributed by atoms with Crippen molar-refractivity contribution in [2.24, 2.45) is 5.14 Å². The van der Waals surface area contributed by atoms with Crippen LogP contribution in [0.15, 0.2) is 71.6 Å². The van der Waals surface area contributed by atoms with E-state index in [1.807, 2.05) is 48.5 Å². The molecule has 0 bridgehead atoms. The van der Waals surface area contributed by atoms with Crippen molar-refractivity contribution in [3.8, 4) is 16.9 Å². The number of hydrogen-bond donors (Lipinski definition) is 1. The summed E-state index contributed by atoms with van der Waals surface area (Å²) < 4.78 is 31.5. The van der Waals surface area contributed by atoms with Crippen LogP contribution in [0.1, 0.15) is 0 Å². The van der Waals surface area contributed by atoms with E-state index in [9.17, 15) is 8.42 Å².